The van der Waals surface area contributed by atoms with Gasteiger partial charge in [-0.25, -0.2) is 0 Å². The predicted octanol–water partition coefficient (Wildman–Crippen LogP) is 2.78. The largest absolute Gasteiger partial charge is 0.495 e. The van der Waals surface area contributed by atoms with Crippen LogP contribution in [-0.2, 0) is 9.31 Å². The summed E-state index contributed by atoms with van der Waals surface area (Å²) in [6.45, 7) is 15.5. The minimum absolute atomic E-state index is 0.0610. The molecule has 0 unspecified atom stereocenters. The molecule has 1 heterocycles. The molecule has 5 heteroatoms. The first-order valence-electron chi connectivity index (χ1n) is 8.39. The molecule has 1 aromatic rings. The van der Waals surface area contributed by atoms with Crippen LogP contribution in [0, 0.1) is 6.92 Å². The van der Waals surface area contributed by atoms with Gasteiger partial charge < -0.3 is 14.2 Å². The molecule has 0 N–H and O–H groups in total. The molecule has 0 bridgehead atoms. The van der Waals surface area contributed by atoms with Gasteiger partial charge in [0.2, 0.25) is 0 Å². The van der Waals surface area contributed by atoms with E-state index < -0.39 is 7.12 Å². The minimum Gasteiger partial charge on any atom is -0.399 e. The fourth-order valence-corrected chi connectivity index (χ4v) is 2.79. The first-order chi connectivity index (χ1) is 10.6. The van der Waals surface area contributed by atoms with Crippen LogP contribution < -0.4 is 5.46 Å². The lowest BCUT2D eigenvalue weighted by atomic mass is 9.75. The van der Waals surface area contributed by atoms with Gasteiger partial charge in [-0.05, 0) is 65.6 Å². The van der Waals surface area contributed by atoms with E-state index in [1.807, 2.05) is 71.6 Å². The Bertz CT molecular complexity index is 578. The molecule has 0 aliphatic carbocycles. The van der Waals surface area contributed by atoms with Gasteiger partial charge in [0.05, 0.1) is 11.2 Å². The summed E-state index contributed by atoms with van der Waals surface area (Å²) in [5.41, 5.74) is 1.82. The zero-order valence-electron chi connectivity index (χ0n) is 15.4. The lowest BCUT2D eigenvalue weighted by Crippen LogP contribution is -2.41. The van der Waals surface area contributed by atoms with E-state index in [4.69, 9.17) is 9.31 Å². The molecule has 1 aromatic carbocycles. The predicted molar refractivity (Wildman–Crippen MR) is 94.1 cm³/mol. The van der Waals surface area contributed by atoms with Crippen molar-refractivity contribution in [3.8, 4) is 0 Å². The molecule has 0 spiro atoms. The molecule has 1 saturated heterocycles. The van der Waals surface area contributed by atoms with E-state index in [1.54, 1.807) is 0 Å². The fraction of sp³-hybridized carbons (Fsp3) is 0.611. The maximum atomic E-state index is 12.7. The van der Waals surface area contributed by atoms with Gasteiger partial charge in [-0.2, -0.15) is 0 Å². The Morgan fingerprint density at radius 2 is 1.61 bits per heavy atom. The Kier molecular flexibility index (Phi) is 4.93. The normalized spacial score (nSPS) is 19.0. The molecule has 1 aliphatic heterocycles. The zero-order valence-corrected chi connectivity index (χ0v) is 15.4. The Labute approximate surface area is 140 Å². The molecule has 0 saturated carbocycles. The standard InChI is InChI=1S/C18H28BNO3/c1-8-20(9-2)16(21)14-11-10-12-15(13(14)3)19-22-17(4,5)18(6,7)23-19/h10-12H,8-9H2,1-7H3. The van der Waals surface area contributed by atoms with Crippen molar-refractivity contribution in [3.05, 3.63) is 29.3 Å². The van der Waals surface area contributed by atoms with Crippen molar-refractivity contribution in [1.82, 2.24) is 4.90 Å². The number of rotatable bonds is 4. The highest BCUT2D eigenvalue weighted by atomic mass is 16.7. The molecule has 0 radical (unpaired) electrons. The van der Waals surface area contributed by atoms with E-state index in [0.29, 0.717) is 13.1 Å². The van der Waals surface area contributed by atoms with Crippen LogP contribution in [-0.4, -0.2) is 42.2 Å². The summed E-state index contributed by atoms with van der Waals surface area (Å²) in [5, 5.41) is 0. The Hall–Kier alpha value is -1.33. The van der Waals surface area contributed by atoms with Crippen LogP contribution in [0.1, 0.15) is 57.5 Å². The number of nitrogens with zero attached hydrogens (tertiary/aromatic N) is 1. The third kappa shape index (κ3) is 3.17. The summed E-state index contributed by atoms with van der Waals surface area (Å²) < 4.78 is 12.3. The first-order valence-corrected chi connectivity index (χ1v) is 8.39. The molecular weight excluding hydrogens is 289 g/mol. The third-order valence-corrected chi connectivity index (χ3v) is 5.16. The maximum absolute atomic E-state index is 12.7. The van der Waals surface area contributed by atoms with Gasteiger partial charge in [-0.1, -0.05) is 12.1 Å². The van der Waals surface area contributed by atoms with Crippen molar-refractivity contribution < 1.29 is 14.1 Å². The second-order valence-electron chi connectivity index (χ2n) is 7.09. The molecule has 126 valence electrons. The molecule has 1 aliphatic rings. The third-order valence-electron chi connectivity index (χ3n) is 5.16. The van der Waals surface area contributed by atoms with Crippen molar-refractivity contribution >= 4 is 18.5 Å². The van der Waals surface area contributed by atoms with Crippen LogP contribution in [0.25, 0.3) is 0 Å². The maximum Gasteiger partial charge on any atom is 0.495 e. The van der Waals surface area contributed by atoms with Gasteiger partial charge in [0.1, 0.15) is 0 Å². The number of hydrogen-bond donors (Lipinski definition) is 0. The summed E-state index contributed by atoms with van der Waals surface area (Å²) >= 11 is 0. The highest BCUT2D eigenvalue weighted by Gasteiger charge is 2.52. The highest BCUT2D eigenvalue weighted by Crippen LogP contribution is 2.36. The minimum atomic E-state index is -0.440. The Morgan fingerprint density at radius 3 is 2.09 bits per heavy atom. The second kappa shape index (κ2) is 6.29. The van der Waals surface area contributed by atoms with Crippen molar-refractivity contribution in [3.63, 3.8) is 0 Å². The van der Waals surface area contributed by atoms with Crippen molar-refractivity contribution in [2.24, 2.45) is 0 Å². The van der Waals surface area contributed by atoms with Crippen molar-refractivity contribution in [2.75, 3.05) is 13.1 Å². The molecule has 2 rings (SSSR count). The van der Waals surface area contributed by atoms with Crippen molar-refractivity contribution in [1.29, 1.82) is 0 Å². The second-order valence-corrected chi connectivity index (χ2v) is 7.09. The molecule has 23 heavy (non-hydrogen) atoms. The average molecular weight is 317 g/mol. The van der Waals surface area contributed by atoms with Gasteiger partial charge >= 0.3 is 7.12 Å². The quantitative estimate of drug-likeness (QED) is 0.802. The van der Waals surface area contributed by atoms with Crippen LogP contribution in [0.5, 0.6) is 0 Å². The van der Waals surface area contributed by atoms with Gasteiger partial charge in [0.25, 0.3) is 5.91 Å². The highest BCUT2D eigenvalue weighted by molar-refractivity contribution is 6.62. The number of benzene rings is 1. The molecule has 1 fully saturated rings. The smallest absolute Gasteiger partial charge is 0.399 e. The average Bonchev–Trinajstić information content (AvgIpc) is 2.68. The van der Waals surface area contributed by atoms with Gasteiger partial charge in [0.15, 0.2) is 0 Å². The number of hydrogen-bond acceptors (Lipinski definition) is 3. The first kappa shape index (κ1) is 18.0. The number of amides is 1. The summed E-state index contributed by atoms with van der Waals surface area (Å²) in [6, 6.07) is 5.77. The lowest BCUT2D eigenvalue weighted by Gasteiger charge is -2.32. The van der Waals surface area contributed by atoms with E-state index in [0.717, 1.165) is 16.6 Å². The van der Waals surface area contributed by atoms with Crippen LogP contribution in [0.3, 0.4) is 0 Å². The summed E-state index contributed by atoms with van der Waals surface area (Å²) in [7, 11) is -0.440. The van der Waals surface area contributed by atoms with Crippen LogP contribution >= 0.6 is 0 Å². The van der Waals surface area contributed by atoms with Gasteiger partial charge in [-0.15, -0.1) is 0 Å². The van der Waals surface area contributed by atoms with Crippen LogP contribution in [0.4, 0.5) is 0 Å². The van der Waals surface area contributed by atoms with E-state index >= 15 is 0 Å². The van der Waals surface area contributed by atoms with Gasteiger partial charge in [0, 0.05) is 18.7 Å². The molecule has 4 nitrogen and oxygen atoms in total. The van der Waals surface area contributed by atoms with Crippen molar-refractivity contribution in [2.45, 2.75) is 59.7 Å². The van der Waals surface area contributed by atoms with E-state index in [1.165, 1.54) is 0 Å². The topological polar surface area (TPSA) is 38.8 Å². The monoisotopic (exact) mass is 317 g/mol. The van der Waals surface area contributed by atoms with E-state index in [-0.39, 0.29) is 17.1 Å². The molecule has 1 amide bonds. The molecule has 0 atom stereocenters. The molecular formula is C18H28BNO3. The lowest BCUT2D eigenvalue weighted by molar-refractivity contribution is 0.00578. The van der Waals surface area contributed by atoms with Crippen LogP contribution in [0.2, 0.25) is 0 Å². The summed E-state index contributed by atoms with van der Waals surface area (Å²) in [5.74, 6) is 0.0610. The van der Waals surface area contributed by atoms with Crippen LogP contribution in [0.15, 0.2) is 18.2 Å². The number of carbonyl (C=O) groups is 1. The molecule has 0 aromatic heterocycles. The van der Waals surface area contributed by atoms with E-state index in [9.17, 15) is 4.79 Å². The summed E-state index contributed by atoms with van der Waals surface area (Å²) in [4.78, 5) is 14.5. The number of carbonyl (C=O) groups excluding carboxylic acids is 1. The van der Waals surface area contributed by atoms with Gasteiger partial charge in [-0.3, -0.25) is 4.79 Å². The fourth-order valence-electron chi connectivity index (χ4n) is 2.79. The summed E-state index contributed by atoms with van der Waals surface area (Å²) in [6.07, 6.45) is 0. The zero-order chi connectivity index (χ0) is 17.4. The SMILES string of the molecule is CCN(CC)C(=O)c1cccc(B2OC(C)(C)C(C)(C)O2)c1C. The Balaban J connectivity index is 2.37. The van der Waals surface area contributed by atoms with E-state index in [2.05, 4.69) is 0 Å². The Morgan fingerprint density at radius 1 is 1.09 bits per heavy atom.